The Hall–Kier alpha value is -1.80. The zero-order valence-electron chi connectivity index (χ0n) is 10.9. The first kappa shape index (κ1) is 11.3. The minimum absolute atomic E-state index is 0.801. The minimum atomic E-state index is -0.801. The first-order chi connectivity index (χ1) is 8.48. The Bertz CT molecular complexity index is 732. The van der Waals surface area contributed by atoms with Crippen molar-refractivity contribution in [2.45, 2.75) is 19.4 Å². The van der Waals surface area contributed by atoms with Crippen LogP contribution in [0.15, 0.2) is 42.5 Å². The molecule has 1 aromatic heterocycles. The van der Waals surface area contributed by atoms with E-state index in [0.717, 1.165) is 11.1 Å². The lowest BCUT2D eigenvalue weighted by atomic mass is 9.97. The van der Waals surface area contributed by atoms with Crippen LogP contribution >= 0.6 is 0 Å². The fourth-order valence-electron chi connectivity index (χ4n) is 2.54. The normalized spacial score (nSPS) is 12.4. The number of fused-ring (bicyclic) bond motifs is 3. The van der Waals surface area contributed by atoms with Crippen LogP contribution in [-0.2, 0) is 12.6 Å². The largest absolute Gasteiger partial charge is 0.386 e. The number of benzene rings is 2. The second kappa shape index (κ2) is 3.59. The highest BCUT2D eigenvalue weighted by Gasteiger charge is 2.17. The molecule has 18 heavy (non-hydrogen) atoms. The lowest BCUT2D eigenvalue weighted by Crippen LogP contribution is -2.15. The molecule has 92 valence electrons. The van der Waals surface area contributed by atoms with Gasteiger partial charge in [0.05, 0.1) is 5.60 Å². The molecule has 0 aliphatic carbocycles. The van der Waals surface area contributed by atoms with E-state index in [1.165, 1.54) is 16.3 Å². The molecule has 2 aromatic carbocycles. The van der Waals surface area contributed by atoms with E-state index < -0.39 is 5.60 Å². The molecule has 0 atom stereocenters. The van der Waals surface area contributed by atoms with Gasteiger partial charge in [-0.15, -0.1) is 0 Å². The zero-order chi connectivity index (χ0) is 12.9. The molecule has 0 unspecified atom stereocenters. The molecule has 2 nitrogen and oxygen atoms in total. The molecule has 0 spiro atoms. The average molecular weight is 239 g/mol. The lowest BCUT2D eigenvalue weighted by molar-refractivity contribution is 0.0787. The standard InChI is InChI=1S/C16H17NO/c1-16(2,18)11-8-9-13-12-6-4-5-7-14(12)17(3)15(13)10-11/h4-10,18H,1-3H3. The van der Waals surface area contributed by atoms with Gasteiger partial charge in [0.15, 0.2) is 0 Å². The van der Waals surface area contributed by atoms with Crippen molar-refractivity contribution in [3.8, 4) is 0 Å². The van der Waals surface area contributed by atoms with Gasteiger partial charge < -0.3 is 9.67 Å². The molecule has 0 fully saturated rings. The van der Waals surface area contributed by atoms with E-state index in [9.17, 15) is 5.11 Å². The van der Waals surface area contributed by atoms with Gasteiger partial charge in [0.2, 0.25) is 0 Å². The highest BCUT2D eigenvalue weighted by atomic mass is 16.3. The summed E-state index contributed by atoms with van der Waals surface area (Å²) in [6, 6.07) is 14.6. The van der Waals surface area contributed by atoms with E-state index in [-0.39, 0.29) is 0 Å². The van der Waals surface area contributed by atoms with E-state index in [0.29, 0.717) is 0 Å². The van der Waals surface area contributed by atoms with Crippen molar-refractivity contribution < 1.29 is 5.11 Å². The van der Waals surface area contributed by atoms with Gasteiger partial charge in [-0.25, -0.2) is 0 Å². The fourth-order valence-corrected chi connectivity index (χ4v) is 2.54. The first-order valence-electron chi connectivity index (χ1n) is 6.18. The molecule has 1 N–H and O–H groups in total. The Kier molecular flexibility index (Phi) is 2.26. The summed E-state index contributed by atoms with van der Waals surface area (Å²) in [5, 5.41) is 12.6. The molecule has 1 heterocycles. The third-order valence-electron chi connectivity index (χ3n) is 3.62. The number of aliphatic hydroxyl groups is 1. The molecule has 0 radical (unpaired) electrons. The number of para-hydroxylation sites is 1. The molecule has 0 saturated carbocycles. The smallest absolute Gasteiger partial charge is 0.0841 e. The highest BCUT2D eigenvalue weighted by molar-refractivity contribution is 6.08. The monoisotopic (exact) mass is 239 g/mol. The summed E-state index contributed by atoms with van der Waals surface area (Å²) in [5.74, 6) is 0. The number of aryl methyl sites for hydroxylation is 1. The molecule has 3 rings (SSSR count). The Morgan fingerprint density at radius 1 is 0.944 bits per heavy atom. The van der Waals surface area contributed by atoms with Crippen LogP contribution in [0.5, 0.6) is 0 Å². The number of rotatable bonds is 1. The second-order valence-corrected chi connectivity index (χ2v) is 5.37. The topological polar surface area (TPSA) is 25.2 Å². The Balaban J connectivity index is 2.42. The summed E-state index contributed by atoms with van der Waals surface area (Å²) < 4.78 is 2.18. The Morgan fingerprint density at radius 3 is 2.33 bits per heavy atom. The quantitative estimate of drug-likeness (QED) is 0.690. The van der Waals surface area contributed by atoms with E-state index in [1.54, 1.807) is 0 Å². The van der Waals surface area contributed by atoms with Crippen molar-refractivity contribution in [1.82, 2.24) is 4.57 Å². The third kappa shape index (κ3) is 1.53. The average Bonchev–Trinajstić information content (AvgIpc) is 2.63. The minimum Gasteiger partial charge on any atom is -0.386 e. The van der Waals surface area contributed by atoms with Crippen molar-refractivity contribution in [1.29, 1.82) is 0 Å². The molecule has 2 heteroatoms. The molecular formula is C16H17NO. The van der Waals surface area contributed by atoms with Crippen LogP contribution in [0.1, 0.15) is 19.4 Å². The van der Waals surface area contributed by atoms with Gasteiger partial charge >= 0.3 is 0 Å². The SMILES string of the molecule is Cn1c2ccccc2c2ccc(C(C)(C)O)cc21. The van der Waals surface area contributed by atoms with Gasteiger partial charge in [0, 0.05) is 28.9 Å². The van der Waals surface area contributed by atoms with Crippen LogP contribution in [0, 0.1) is 0 Å². The summed E-state index contributed by atoms with van der Waals surface area (Å²) in [6.07, 6.45) is 0. The van der Waals surface area contributed by atoms with Crippen LogP contribution in [0.2, 0.25) is 0 Å². The van der Waals surface area contributed by atoms with E-state index in [4.69, 9.17) is 0 Å². The molecule has 0 aliphatic rings. The molecule has 0 aliphatic heterocycles. The van der Waals surface area contributed by atoms with Crippen LogP contribution in [0.4, 0.5) is 0 Å². The summed E-state index contributed by atoms with van der Waals surface area (Å²) in [4.78, 5) is 0. The summed E-state index contributed by atoms with van der Waals surface area (Å²) in [5.41, 5.74) is 2.53. The van der Waals surface area contributed by atoms with Crippen LogP contribution in [0.3, 0.4) is 0 Å². The van der Waals surface area contributed by atoms with Crippen molar-refractivity contribution in [3.63, 3.8) is 0 Å². The van der Waals surface area contributed by atoms with Gasteiger partial charge in [-0.1, -0.05) is 30.3 Å². The zero-order valence-corrected chi connectivity index (χ0v) is 10.9. The van der Waals surface area contributed by atoms with Crippen LogP contribution in [-0.4, -0.2) is 9.67 Å². The maximum absolute atomic E-state index is 10.1. The summed E-state index contributed by atoms with van der Waals surface area (Å²) >= 11 is 0. The maximum Gasteiger partial charge on any atom is 0.0841 e. The van der Waals surface area contributed by atoms with E-state index in [2.05, 4.69) is 48.0 Å². The Labute approximate surface area is 106 Å². The molecule has 0 bridgehead atoms. The molecule has 3 aromatic rings. The number of aromatic nitrogens is 1. The van der Waals surface area contributed by atoms with Crippen molar-refractivity contribution in [2.24, 2.45) is 7.05 Å². The number of hydrogen-bond donors (Lipinski definition) is 1. The van der Waals surface area contributed by atoms with Crippen molar-refractivity contribution in [2.75, 3.05) is 0 Å². The maximum atomic E-state index is 10.1. The van der Waals surface area contributed by atoms with Crippen molar-refractivity contribution >= 4 is 21.8 Å². The van der Waals surface area contributed by atoms with Crippen LogP contribution < -0.4 is 0 Å². The highest BCUT2D eigenvalue weighted by Crippen LogP contribution is 2.31. The number of hydrogen-bond acceptors (Lipinski definition) is 1. The summed E-state index contributed by atoms with van der Waals surface area (Å²) in [6.45, 7) is 3.63. The molecule has 0 saturated heterocycles. The summed E-state index contributed by atoms with van der Waals surface area (Å²) in [7, 11) is 2.07. The van der Waals surface area contributed by atoms with Gasteiger partial charge in [0.1, 0.15) is 0 Å². The lowest BCUT2D eigenvalue weighted by Gasteiger charge is -2.17. The second-order valence-electron chi connectivity index (χ2n) is 5.37. The predicted molar refractivity (Wildman–Crippen MR) is 75.7 cm³/mol. The fraction of sp³-hybridized carbons (Fsp3) is 0.250. The van der Waals surface area contributed by atoms with E-state index in [1.807, 2.05) is 19.9 Å². The Morgan fingerprint density at radius 2 is 1.61 bits per heavy atom. The van der Waals surface area contributed by atoms with Gasteiger partial charge in [-0.2, -0.15) is 0 Å². The molecular weight excluding hydrogens is 222 g/mol. The van der Waals surface area contributed by atoms with Crippen LogP contribution in [0.25, 0.3) is 21.8 Å². The predicted octanol–water partition coefficient (Wildman–Crippen LogP) is 3.56. The third-order valence-corrected chi connectivity index (χ3v) is 3.62. The molecule has 0 amide bonds. The number of nitrogens with zero attached hydrogens (tertiary/aromatic N) is 1. The van der Waals surface area contributed by atoms with Gasteiger partial charge in [0.25, 0.3) is 0 Å². The van der Waals surface area contributed by atoms with Crippen molar-refractivity contribution in [3.05, 3.63) is 48.0 Å². The van der Waals surface area contributed by atoms with Gasteiger partial charge in [-0.05, 0) is 31.5 Å². The van der Waals surface area contributed by atoms with E-state index >= 15 is 0 Å². The van der Waals surface area contributed by atoms with Gasteiger partial charge in [-0.3, -0.25) is 0 Å². The first-order valence-corrected chi connectivity index (χ1v) is 6.18.